The molecular formula is C24H44N4O5. The summed E-state index contributed by atoms with van der Waals surface area (Å²) in [7, 11) is 1.61. The molecule has 1 aromatic rings. The number of unbranched alkanes of at least 4 members (excludes halogenated alkanes) is 10. The lowest BCUT2D eigenvalue weighted by atomic mass is 10.0. The Balaban J connectivity index is 2.14. The van der Waals surface area contributed by atoms with Crippen LogP contribution in [0.25, 0.3) is 0 Å². The summed E-state index contributed by atoms with van der Waals surface area (Å²) in [6.07, 6.45) is 14.7. The fourth-order valence-electron chi connectivity index (χ4n) is 3.37. The van der Waals surface area contributed by atoms with Gasteiger partial charge in [0.15, 0.2) is 0 Å². The summed E-state index contributed by atoms with van der Waals surface area (Å²) >= 11 is 0. The van der Waals surface area contributed by atoms with Crippen molar-refractivity contribution >= 4 is 12.0 Å². The van der Waals surface area contributed by atoms with Gasteiger partial charge in [0, 0.05) is 18.9 Å². The van der Waals surface area contributed by atoms with Gasteiger partial charge in [0.1, 0.15) is 6.73 Å². The van der Waals surface area contributed by atoms with Crippen molar-refractivity contribution in [1.29, 1.82) is 0 Å². The Hall–Kier alpha value is -1.97. The SMILES string of the molecule is CCCCCCCCCCCCCc1cc(=O)[nH]c(NC(=O)NCOCCOCCOC)n1. The lowest BCUT2D eigenvalue weighted by Crippen LogP contribution is -2.32. The van der Waals surface area contributed by atoms with Crippen LogP contribution in [0.2, 0.25) is 0 Å². The van der Waals surface area contributed by atoms with Crippen molar-refractivity contribution in [1.82, 2.24) is 15.3 Å². The highest BCUT2D eigenvalue weighted by molar-refractivity contribution is 5.87. The van der Waals surface area contributed by atoms with Crippen molar-refractivity contribution in [2.75, 3.05) is 45.6 Å². The van der Waals surface area contributed by atoms with Crippen molar-refractivity contribution in [2.24, 2.45) is 0 Å². The number of hydrogen-bond donors (Lipinski definition) is 3. The van der Waals surface area contributed by atoms with Crippen molar-refractivity contribution in [2.45, 2.75) is 84.0 Å². The summed E-state index contributed by atoms with van der Waals surface area (Å²) in [5.74, 6) is 0.140. The minimum Gasteiger partial charge on any atom is -0.382 e. The number of carbonyl (C=O) groups is 1. The number of urea groups is 1. The minimum atomic E-state index is -0.495. The van der Waals surface area contributed by atoms with Gasteiger partial charge in [0.25, 0.3) is 5.56 Å². The van der Waals surface area contributed by atoms with Gasteiger partial charge in [-0.05, 0) is 12.8 Å². The number of nitrogens with zero attached hydrogens (tertiary/aromatic N) is 1. The molecule has 190 valence electrons. The Morgan fingerprint density at radius 3 is 2.18 bits per heavy atom. The zero-order valence-electron chi connectivity index (χ0n) is 20.6. The number of aryl methyl sites for hydroxylation is 1. The first kappa shape index (κ1) is 29.1. The maximum absolute atomic E-state index is 12.0. The van der Waals surface area contributed by atoms with Gasteiger partial charge in [-0.3, -0.25) is 15.1 Å². The monoisotopic (exact) mass is 468 g/mol. The summed E-state index contributed by atoms with van der Waals surface area (Å²) in [6.45, 7) is 4.09. The summed E-state index contributed by atoms with van der Waals surface area (Å²) < 4.78 is 15.4. The Morgan fingerprint density at radius 1 is 0.909 bits per heavy atom. The quantitative estimate of drug-likeness (QED) is 0.182. The first-order chi connectivity index (χ1) is 16.2. The molecule has 1 heterocycles. The second-order valence-corrected chi connectivity index (χ2v) is 8.16. The van der Waals surface area contributed by atoms with Gasteiger partial charge in [0.2, 0.25) is 5.95 Å². The predicted octanol–water partition coefficient (Wildman–Crippen LogP) is 4.38. The number of amides is 2. The van der Waals surface area contributed by atoms with E-state index >= 15 is 0 Å². The zero-order chi connectivity index (χ0) is 24.0. The highest BCUT2D eigenvalue weighted by Gasteiger charge is 2.06. The normalized spacial score (nSPS) is 11.0. The van der Waals surface area contributed by atoms with Crippen LogP contribution in [0.1, 0.15) is 83.2 Å². The molecule has 1 aromatic heterocycles. The lowest BCUT2D eigenvalue weighted by molar-refractivity contribution is 0.0224. The highest BCUT2D eigenvalue weighted by atomic mass is 16.5. The average Bonchev–Trinajstić information content (AvgIpc) is 2.79. The van der Waals surface area contributed by atoms with Gasteiger partial charge in [-0.2, -0.15) is 0 Å². The summed E-state index contributed by atoms with van der Waals surface area (Å²) in [6, 6.07) is 0.997. The van der Waals surface area contributed by atoms with Gasteiger partial charge in [-0.25, -0.2) is 9.78 Å². The number of H-pyrrole nitrogens is 1. The molecule has 0 aliphatic rings. The van der Waals surface area contributed by atoms with Crippen molar-refractivity contribution in [3.63, 3.8) is 0 Å². The lowest BCUT2D eigenvalue weighted by Gasteiger charge is -2.09. The van der Waals surface area contributed by atoms with Crippen LogP contribution in [0, 0.1) is 0 Å². The fraction of sp³-hybridized carbons (Fsp3) is 0.792. The first-order valence-corrected chi connectivity index (χ1v) is 12.4. The predicted molar refractivity (Wildman–Crippen MR) is 131 cm³/mol. The van der Waals surface area contributed by atoms with Gasteiger partial charge < -0.3 is 19.5 Å². The summed E-state index contributed by atoms with van der Waals surface area (Å²) in [5, 5.41) is 5.09. The van der Waals surface area contributed by atoms with E-state index in [2.05, 4.69) is 27.5 Å². The standard InChI is InChI=1S/C24H44N4O5/c1-3-4-5-6-7-8-9-10-11-12-13-14-21-19-22(29)27-23(26-21)28-24(30)25-20-33-18-17-32-16-15-31-2/h19H,3-18,20H2,1-2H3,(H3,25,26,27,28,29,30). The maximum atomic E-state index is 12.0. The number of anilines is 1. The van der Waals surface area contributed by atoms with Crippen molar-refractivity contribution in [3.8, 4) is 0 Å². The van der Waals surface area contributed by atoms with E-state index in [1.165, 1.54) is 63.9 Å². The van der Waals surface area contributed by atoms with Crippen LogP contribution in [0.3, 0.4) is 0 Å². The minimum absolute atomic E-state index is 0.0299. The smallest absolute Gasteiger partial charge is 0.323 e. The van der Waals surface area contributed by atoms with Crippen molar-refractivity contribution < 1.29 is 19.0 Å². The molecule has 2 amide bonds. The second kappa shape index (κ2) is 20.6. The summed E-state index contributed by atoms with van der Waals surface area (Å²) in [4.78, 5) is 30.7. The molecule has 0 spiro atoms. The summed E-state index contributed by atoms with van der Waals surface area (Å²) in [5.41, 5.74) is 0.414. The number of carbonyl (C=O) groups excluding carboxylic acids is 1. The van der Waals surface area contributed by atoms with E-state index in [-0.39, 0.29) is 18.2 Å². The Bertz CT molecular complexity index is 668. The average molecular weight is 469 g/mol. The van der Waals surface area contributed by atoms with Crippen LogP contribution >= 0.6 is 0 Å². The van der Waals surface area contributed by atoms with Crippen LogP contribution in [0.15, 0.2) is 10.9 Å². The largest absolute Gasteiger partial charge is 0.382 e. The number of hydrogen-bond acceptors (Lipinski definition) is 6. The molecule has 33 heavy (non-hydrogen) atoms. The highest BCUT2D eigenvalue weighted by Crippen LogP contribution is 2.12. The fourth-order valence-corrected chi connectivity index (χ4v) is 3.37. The maximum Gasteiger partial charge on any atom is 0.323 e. The number of ether oxygens (including phenoxy) is 3. The molecule has 0 aromatic carbocycles. The molecule has 3 N–H and O–H groups in total. The number of methoxy groups -OCH3 is 1. The third-order valence-corrected chi connectivity index (χ3v) is 5.20. The molecule has 0 radical (unpaired) electrons. The van der Waals surface area contributed by atoms with Gasteiger partial charge in [0.05, 0.1) is 26.4 Å². The van der Waals surface area contributed by atoms with Crippen molar-refractivity contribution in [3.05, 3.63) is 22.1 Å². The van der Waals surface area contributed by atoms with Gasteiger partial charge >= 0.3 is 6.03 Å². The van der Waals surface area contributed by atoms with E-state index in [0.29, 0.717) is 32.1 Å². The molecule has 0 aliphatic carbocycles. The van der Waals surface area contributed by atoms with Gasteiger partial charge in [-0.1, -0.05) is 71.1 Å². The van der Waals surface area contributed by atoms with E-state index in [4.69, 9.17) is 14.2 Å². The molecule has 0 unspecified atom stereocenters. The van der Waals surface area contributed by atoms with Crippen LogP contribution in [-0.4, -0.2) is 56.3 Å². The second-order valence-electron chi connectivity index (χ2n) is 8.16. The molecule has 0 atom stereocenters. The molecule has 1 rings (SSSR count). The van der Waals surface area contributed by atoms with Crippen LogP contribution in [0.4, 0.5) is 10.7 Å². The first-order valence-electron chi connectivity index (χ1n) is 12.4. The molecule has 0 bridgehead atoms. The van der Waals surface area contributed by atoms with E-state index in [9.17, 15) is 9.59 Å². The van der Waals surface area contributed by atoms with Gasteiger partial charge in [-0.15, -0.1) is 0 Å². The zero-order valence-corrected chi connectivity index (χ0v) is 20.6. The Kier molecular flexibility index (Phi) is 18.2. The number of aromatic amines is 1. The molecule has 9 heteroatoms. The Morgan fingerprint density at radius 2 is 1.52 bits per heavy atom. The number of aromatic nitrogens is 2. The molecule has 0 saturated carbocycles. The third kappa shape index (κ3) is 17.2. The van der Waals surface area contributed by atoms with E-state index in [1.807, 2.05) is 0 Å². The molecule has 0 aliphatic heterocycles. The molecular weight excluding hydrogens is 424 g/mol. The topological polar surface area (TPSA) is 115 Å². The molecule has 0 fully saturated rings. The number of rotatable bonds is 21. The number of nitrogens with one attached hydrogen (secondary N) is 3. The van der Waals surface area contributed by atoms with Crippen LogP contribution in [0.5, 0.6) is 0 Å². The van der Waals surface area contributed by atoms with E-state index < -0.39 is 6.03 Å². The van der Waals surface area contributed by atoms with E-state index in [0.717, 1.165) is 19.3 Å². The Labute approximate surface area is 198 Å². The third-order valence-electron chi connectivity index (χ3n) is 5.20. The van der Waals surface area contributed by atoms with E-state index in [1.54, 1.807) is 7.11 Å². The molecule has 0 saturated heterocycles. The van der Waals surface area contributed by atoms with Crippen LogP contribution < -0.4 is 16.2 Å². The molecule has 9 nitrogen and oxygen atoms in total. The van der Waals surface area contributed by atoms with Crippen LogP contribution in [-0.2, 0) is 20.6 Å².